The van der Waals surface area contributed by atoms with Crippen LogP contribution in [0.2, 0.25) is 0 Å². The van der Waals surface area contributed by atoms with Gasteiger partial charge in [-0.25, -0.2) is 0 Å². The van der Waals surface area contributed by atoms with E-state index in [1.54, 1.807) is 0 Å². The summed E-state index contributed by atoms with van der Waals surface area (Å²) in [5, 5.41) is 4.96. The lowest BCUT2D eigenvalue weighted by Crippen LogP contribution is -2.41. The highest BCUT2D eigenvalue weighted by atomic mass is 32.2. The number of morpholine rings is 1. The Labute approximate surface area is 164 Å². The normalized spacial score (nSPS) is 20.2. The van der Waals surface area contributed by atoms with E-state index >= 15 is 0 Å². The summed E-state index contributed by atoms with van der Waals surface area (Å²) in [4.78, 5) is 16.5. The van der Waals surface area contributed by atoms with Crippen molar-refractivity contribution in [2.24, 2.45) is 0 Å². The molecule has 0 unspecified atom stereocenters. The Morgan fingerprint density at radius 2 is 1.89 bits per heavy atom. The fourth-order valence-corrected chi connectivity index (χ4v) is 5.58. The number of ether oxygens (including phenoxy) is 1. The zero-order valence-corrected chi connectivity index (χ0v) is 16.3. The summed E-state index contributed by atoms with van der Waals surface area (Å²) >= 11 is 1.82. The minimum absolute atomic E-state index is 0.0732. The molecule has 1 saturated carbocycles. The van der Waals surface area contributed by atoms with Gasteiger partial charge in [-0.1, -0.05) is 37.5 Å². The summed E-state index contributed by atoms with van der Waals surface area (Å²) in [5.41, 5.74) is 4.22. The smallest absolute Gasteiger partial charge is 0.274 e. The molecule has 3 heterocycles. The van der Waals surface area contributed by atoms with E-state index in [0.717, 1.165) is 24.2 Å². The molecule has 27 heavy (non-hydrogen) atoms. The summed E-state index contributed by atoms with van der Waals surface area (Å²) in [7, 11) is 0. The zero-order chi connectivity index (χ0) is 18.2. The van der Waals surface area contributed by atoms with Crippen LogP contribution in [0.25, 0.3) is 11.3 Å². The van der Waals surface area contributed by atoms with Crippen molar-refractivity contribution in [3.05, 3.63) is 35.5 Å². The molecule has 0 bridgehead atoms. The summed E-state index contributed by atoms with van der Waals surface area (Å²) in [5.74, 6) is 0.897. The second-order valence-corrected chi connectivity index (χ2v) is 8.62. The molecule has 142 valence electrons. The molecule has 3 aliphatic rings. The predicted molar refractivity (Wildman–Crippen MR) is 106 cm³/mol. The first-order chi connectivity index (χ1) is 13.3. The van der Waals surface area contributed by atoms with Gasteiger partial charge in [-0.15, -0.1) is 11.8 Å². The van der Waals surface area contributed by atoms with Crippen LogP contribution >= 0.6 is 11.8 Å². The van der Waals surface area contributed by atoms with E-state index < -0.39 is 0 Å². The van der Waals surface area contributed by atoms with E-state index in [1.807, 2.05) is 16.7 Å². The number of rotatable bonds is 2. The van der Waals surface area contributed by atoms with Crippen LogP contribution < -0.4 is 0 Å². The molecule has 2 aromatic rings. The summed E-state index contributed by atoms with van der Waals surface area (Å²) < 4.78 is 7.63. The van der Waals surface area contributed by atoms with Crippen LogP contribution in [0.1, 0.15) is 54.2 Å². The highest BCUT2D eigenvalue weighted by Crippen LogP contribution is 2.45. The van der Waals surface area contributed by atoms with Crippen LogP contribution in [0, 0.1) is 0 Å². The summed E-state index contributed by atoms with van der Waals surface area (Å²) in [6, 6.07) is 8.97. The minimum Gasteiger partial charge on any atom is -0.378 e. The standard InChI is InChI=1S/C21H25N3O2S/c25-21(23-10-12-26-13-11-23)19-17-14-27-18-9-5-4-8-16(18)20(17)24(22-19)15-6-2-1-3-7-15/h4-5,8-9,15H,1-3,6-7,10-14H2. The third kappa shape index (κ3) is 3.09. The number of carbonyl (C=O) groups is 1. The van der Waals surface area contributed by atoms with Crippen molar-refractivity contribution < 1.29 is 9.53 Å². The van der Waals surface area contributed by atoms with Gasteiger partial charge >= 0.3 is 0 Å². The fraction of sp³-hybridized carbons (Fsp3) is 0.524. The Hall–Kier alpha value is -1.79. The van der Waals surface area contributed by atoms with Crippen LogP contribution in [0.15, 0.2) is 29.2 Å². The van der Waals surface area contributed by atoms with E-state index in [2.05, 4.69) is 28.9 Å². The van der Waals surface area contributed by atoms with Gasteiger partial charge in [0.25, 0.3) is 5.91 Å². The monoisotopic (exact) mass is 383 g/mol. The van der Waals surface area contributed by atoms with Gasteiger partial charge < -0.3 is 9.64 Å². The van der Waals surface area contributed by atoms with E-state index in [1.165, 1.54) is 35.4 Å². The second kappa shape index (κ2) is 7.32. The first-order valence-electron chi connectivity index (χ1n) is 10.0. The van der Waals surface area contributed by atoms with Crippen LogP contribution in [-0.4, -0.2) is 46.9 Å². The third-order valence-electron chi connectivity index (χ3n) is 5.94. The number of thioether (sulfide) groups is 1. The molecule has 5 nitrogen and oxygen atoms in total. The van der Waals surface area contributed by atoms with Crippen molar-refractivity contribution in [1.82, 2.24) is 14.7 Å². The third-order valence-corrected chi connectivity index (χ3v) is 7.04. The lowest BCUT2D eigenvalue weighted by molar-refractivity contribution is 0.0297. The Bertz CT molecular complexity index is 851. The van der Waals surface area contributed by atoms with Crippen molar-refractivity contribution in [2.75, 3.05) is 26.3 Å². The van der Waals surface area contributed by atoms with E-state index in [-0.39, 0.29) is 5.91 Å². The molecule has 1 amide bonds. The first kappa shape index (κ1) is 17.3. The average molecular weight is 384 g/mol. The topological polar surface area (TPSA) is 47.4 Å². The number of hydrogen-bond acceptors (Lipinski definition) is 4. The Morgan fingerprint density at radius 1 is 1.11 bits per heavy atom. The van der Waals surface area contributed by atoms with Gasteiger partial charge in [0.2, 0.25) is 0 Å². The largest absolute Gasteiger partial charge is 0.378 e. The number of fused-ring (bicyclic) bond motifs is 3. The number of carbonyl (C=O) groups excluding carboxylic acids is 1. The van der Waals surface area contributed by atoms with E-state index in [9.17, 15) is 4.79 Å². The zero-order valence-electron chi connectivity index (χ0n) is 15.5. The Balaban J connectivity index is 1.61. The van der Waals surface area contributed by atoms with Gasteiger partial charge in [-0.2, -0.15) is 5.10 Å². The number of hydrogen-bond donors (Lipinski definition) is 0. The van der Waals surface area contributed by atoms with Crippen LogP contribution in [0.3, 0.4) is 0 Å². The maximum absolute atomic E-state index is 13.3. The minimum atomic E-state index is 0.0732. The number of amides is 1. The molecule has 0 radical (unpaired) electrons. The van der Waals surface area contributed by atoms with Gasteiger partial charge in [0.05, 0.1) is 24.9 Å². The SMILES string of the molecule is O=C(c1nn(C2CCCCC2)c2c1CSc1ccccc1-2)N1CCOCC1. The lowest BCUT2D eigenvalue weighted by Gasteiger charge is -2.26. The molecule has 5 rings (SSSR count). The molecule has 1 aromatic carbocycles. The quantitative estimate of drug-likeness (QED) is 0.782. The molecule has 6 heteroatoms. The molecule has 0 N–H and O–H groups in total. The van der Waals surface area contributed by atoms with Crippen LogP contribution in [0.4, 0.5) is 0 Å². The van der Waals surface area contributed by atoms with Gasteiger partial charge in [0.15, 0.2) is 5.69 Å². The molecule has 1 aliphatic carbocycles. The molecule has 2 fully saturated rings. The highest BCUT2D eigenvalue weighted by molar-refractivity contribution is 7.98. The Kier molecular flexibility index (Phi) is 4.70. The molecule has 0 spiro atoms. The van der Waals surface area contributed by atoms with Crippen LogP contribution in [0.5, 0.6) is 0 Å². The van der Waals surface area contributed by atoms with E-state index in [0.29, 0.717) is 38.0 Å². The molecule has 0 atom stereocenters. The maximum Gasteiger partial charge on any atom is 0.274 e. The predicted octanol–water partition coefficient (Wildman–Crippen LogP) is 4.13. The molecule has 1 aromatic heterocycles. The molecular weight excluding hydrogens is 358 g/mol. The van der Waals surface area contributed by atoms with Gasteiger partial charge in [-0.3, -0.25) is 9.48 Å². The van der Waals surface area contributed by atoms with Crippen molar-refractivity contribution in [3.8, 4) is 11.3 Å². The van der Waals surface area contributed by atoms with Gasteiger partial charge in [-0.05, 0) is 18.9 Å². The molecular formula is C21H25N3O2S. The number of benzene rings is 1. The molecule has 1 saturated heterocycles. The summed E-state index contributed by atoms with van der Waals surface area (Å²) in [6.07, 6.45) is 6.14. The average Bonchev–Trinajstić information content (AvgIpc) is 3.15. The van der Waals surface area contributed by atoms with Crippen molar-refractivity contribution in [1.29, 1.82) is 0 Å². The second-order valence-electron chi connectivity index (χ2n) is 7.60. The van der Waals surface area contributed by atoms with Crippen LogP contribution in [-0.2, 0) is 10.5 Å². The Morgan fingerprint density at radius 3 is 2.70 bits per heavy atom. The van der Waals surface area contributed by atoms with Gasteiger partial charge in [0, 0.05) is 34.9 Å². The maximum atomic E-state index is 13.3. The highest BCUT2D eigenvalue weighted by Gasteiger charge is 2.33. The number of aromatic nitrogens is 2. The molecule has 2 aliphatic heterocycles. The van der Waals surface area contributed by atoms with E-state index in [4.69, 9.17) is 9.84 Å². The lowest BCUT2D eigenvalue weighted by atomic mass is 9.95. The fourth-order valence-electron chi connectivity index (χ4n) is 4.51. The summed E-state index contributed by atoms with van der Waals surface area (Å²) in [6.45, 7) is 2.56. The number of nitrogens with zero attached hydrogens (tertiary/aromatic N) is 3. The van der Waals surface area contributed by atoms with Crippen molar-refractivity contribution in [3.63, 3.8) is 0 Å². The van der Waals surface area contributed by atoms with Crippen molar-refractivity contribution >= 4 is 17.7 Å². The van der Waals surface area contributed by atoms with Gasteiger partial charge in [0.1, 0.15) is 0 Å². The first-order valence-corrected chi connectivity index (χ1v) is 11.0. The van der Waals surface area contributed by atoms with Crippen molar-refractivity contribution in [2.45, 2.75) is 48.8 Å².